The summed E-state index contributed by atoms with van der Waals surface area (Å²) in [4.78, 5) is 0.0989. The molecule has 0 unspecified atom stereocenters. The zero-order chi connectivity index (χ0) is 15.6. The number of amidine groups is 1. The van der Waals surface area contributed by atoms with Gasteiger partial charge in [-0.3, -0.25) is 10.1 Å². The molecule has 0 aliphatic heterocycles. The van der Waals surface area contributed by atoms with E-state index >= 15 is 0 Å². The summed E-state index contributed by atoms with van der Waals surface area (Å²) in [7, 11) is -3.77. The van der Waals surface area contributed by atoms with E-state index in [-0.39, 0.29) is 16.1 Å². The standard InChI is InChI=1S/C14H14FN3O2S/c1-9-2-5-11(6-3-9)21(19,20)18-10-4-7-13(15)12(8-10)14(16)17/h2-8,18H,1H3,(H3,16,17). The smallest absolute Gasteiger partial charge is 0.261 e. The molecule has 0 spiro atoms. The van der Waals surface area contributed by atoms with Gasteiger partial charge in [-0.25, -0.2) is 12.8 Å². The number of aryl methyl sites for hydroxylation is 1. The van der Waals surface area contributed by atoms with Crippen molar-refractivity contribution >= 4 is 21.5 Å². The van der Waals surface area contributed by atoms with Crippen molar-refractivity contribution in [3.05, 3.63) is 59.4 Å². The zero-order valence-corrected chi connectivity index (χ0v) is 12.0. The summed E-state index contributed by atoms with van der Waals surface area (Å²) in [5.41, 5.74) is 6.17. The lowest BCUT2D eigenvalue weighted by Gasteiger charge is -2.10. The Morgan fingerprint density at radius 2 is 1.81 bits per heavy atom. The van der Waals surface area contributed by atoms with Gasteiger partial charge in [-0.15, -0.1) is 0 Å². The quantitative estimate of drug-likeness (QED) is 0.597. The van der Waals surface area contributed by atoms with Gasteiger partial charge in [0.2, 0.25) is 0 Å². The highest BCUT2D eigenvalue weighted by Gasteiger charge is 2.15. The number of rotatable bonds is 4. The van der Waals surface area contributed by atoms with Crippen molar-refractivity contribution in [1.29, 1.82) is 5.41 Å². The molecule has 0 aliphatic rings. The molecule has 0 amide bonds. The molecular weight excluding hydrogens is 293 g/mol. The molecule has 0 aromatic heterocycles. The Balaban J connectivity index is 2.35. The van der Waals surface area contributed by atoms with E-state index in [4.69, 9.17) is 11.1 Å². The van der Waals surface area contributed by atoms with Crippen LogP contribution in [0, 0.1) is 18.2 Å². The maximum Gasteiger partial charge on any atom is 0.261 e. The van der Waals surface area contributed by atoms with Gasteiger partial charge in [-0.2, -0.15) is 0 Å². The SMILES string of the molecule is Cc1ccc(S(=O)(=O)Nc2ccc(F)c(C(=N)N)c2)cc1. The topological polar surface area (TPSA) is 96.0 Å². The molecule has 0 saturated heterocycles. The number of halogens is 1. The summed E-state index contributed by atoms with van der Waals surface area (Å²) < 4.78 is 40.1. The van der Waals surface area contributed by atoms with Crippen LogP contribution in [0.4, 0.5) is 10.1 Å². The molecule has 2 rings (SSSR count). The minimum Gasteiger partial charge on any atom is -0.384 e. The Hall–Kier alpha value is -2.41. The van der Waals surface area contributed by atoms with Crippen molar-refractivity contribution in [3.8, 4) is 0 Å². The average molecular weight is 307 g/mol. The number of nitrogens with two attached hydrogens (primary N) is 1. The number of benzene rings is 2. The summed E-state index contributed by atoms with van der Waals surface area (Å²) in [5.74, 6) is -1.15. The van der Waals surface area contributed by atoms with Gasteiger partial charge >= 0.3 is 0 Å². The minimum atomic E-state index is -3.77. The molecule has 0 bridgehead atoms. The molecule has 110 valence electrons. The molecule has 0 aliphatic carbocycles. The lowest BCUT2D eigenvalue weighted by atomic mass is 10.2. The van der Waals surface area contributed by atoms with Crippen LogP contribution in [0.1, 0.15) is 11.1 Å². The fourth-order valence-electron chi connectivity index (χ4n) is 1.73. The normalized spacial score (nSPS) is 11.1. The highest BCUT2D eigenvalue weighted by atomic mass is 32.2. The fraction of sp³-hybridized carbons (Fsp3) is 0.0714. The highest BCUT2D eigenvalue weighted by Crippen LogP contribution is 2.19. The first kappa shape index (κ1) is 15.0. The Kier molecular flexibility index (Phi) is 3.95. The van der Waals surface area contributed by atoms with Gasteiger partial charge in [0.15, 0.2) is 0 Å². The van der Waals surface area contributed by atoms with Crippen LogP contribution in [0.3, 0.4) is 0 Å². The first-order valence-electron chi connectivity index (χ1n) is 6.03. The maximum atomic E-state index is 13.4. The van der Waals surface area contributed by atoms with E-state index in [1.165, 1.54) is 24.3 Å². The van der Waals surface area contributed by atoms with Crippen molar-refractivity contribution in [1.82, 2.24) is 0 Å². The van der Waals surface area contributed by atoms with Crippen LogP contribution in [-0.4, -0.2) is 14.3 Å². The third kappa shape index (κ3) is 3.38. The fourth-order valence-corrected chi connectivity index (χ4v) is 2.78. The molecule has 0 radical (unpaired) electrons. The van der Waals surface area contributed by atoms with Gasteiger partial charge in [-0.1, -0.05) is 17.7 Å². The largest absolute Gasteiger partial charge is 0.384 e. The second-order valence-electron chi connectivity index (χ2n) is 4.53. The van der Waals surface area contributed by atoms with E-state index in [2.05, 4.69) is 4.72 Å². The van der Waals surface area contributed by atoms with Crippen LogP contribution >= 0.6 is 0 Å². The Bertz CT molecular complexity index is 786. The van der Waals surface area contributed by atoms with Gasteiger partial charge < -0.3 is 5.73 Å². The van der Waals surface area contributed by atoms with Crippen LogP contribution in [0.15, 0.2) is 47.4 Å². The number of sulfonamides is 1. The molecule has 2 aromatic rings. The second-order valence-corrected chi connectivity index (χ2v) is 6.21. The predicted molar refractivity (Wildman–Crippen MR) is 79.4 cm³/mol. The Labute approximate surface area is 122 Å². The summed E-state index contributed by atoms with van der Waals surface area (Å²) in [6.07, 6.45) is 0. The number of hydrogen-bond acceptors (Lipinski definition) is 3. The molecule has 0 saturated carbocycles. The maximum absolute atomic E-state index is 13.4. The summed E-state index contributed by atoms with van der Waals surface area (Å²) in [6, 6.07) is 9.83. The summed E-state index contributed by atoms with van der Waals surface area (Å²) >= 11 is 0. The van der Waals surface area contributed by atoms with Crippen molar-refractivity contribution in [3.63, 3.8) is 0 Å². The number of hydrogen-bond donors (Lipinski definition) is 3. The van der Waals surface area contributed by atoms with Gasteiger partial charge in [-0.05, 0) is 37.3 Å². The van der Waals surface area contributed by atoms with Crippen LogP contribution in [-0.2, 0) is 10.0 Å². The van der Waals surface area contributed by atoms with Gasteiger partial charge in [0, 0.05) is 5.69 Å². The van der Waals surface area contributed by atoms with E-state index in [1.54, 1.807) is 12.1 Å². The molecule has 0 fully saturated rings. The van der Waals surface area contributed by atoms with E-state index < -0.39 is 21.7 Å². The van der Waals surface area contributed by atoms with Crippen molar-refractivity contribution in [2.24, 2.45) is 5.73 Å². The van der Waals surface area contributed by atoms with E-state index in [0.29, 0.717) is 0 Å². The molecule has 4 N–H and O–H groups in total. The predicted octanol–water partition coefficient (Wildman–Crippen LogP) is 2.22. The lowest BCUT2D eigenvalue weighted by Crippen LogP contribution is -2.16. The van der Waals surface area contributed by atoms with E-state index in [0.717, 1.165) is 11.6 Å². The van der Waals surface area contributed by atoms with Crippen molar-refractivity contribution < 1.29 is 12.8 Å². The Morgan fingerprint density at radius 3 is 2.38 bits per heavy atom. The molecule has 0 heterocycles. The van der Waals surface area contributed by atoms with Crippen LogP contribution in [0.25, 0.3) is 0 Å². The summed E-state index contributed by atoms with van der Waals surface area (Å²) in [5, 5.41) is 7.25. The Morgan fingerprint density at radius 1 is 1.19 bits per heavy atom. The minimum absolute atomic E-state index is 0.0989. The average Bonchev–Trinajstić information content (AvgIpc) is 2.41. The van der Waals surface area contributed by atoms with Crippen molar-refractivity contribution in [2.75, 3.05) is 4.72 Å². The van der Waals surface area contributed by atoms with Crippen LogP contribution in [0.5, 0.6) is 0 Å². The summed E-state index contributed by atoms with van der Waals surface area (Å²) in [6.45, 7) is 1.85. The van der Waals surface area contributed by atoms with E-state index in [1.807, 2.05) is 6.92 Å². The van der Waals surface area contributed by atoms with Crippen LogP contribution in [0.2, 0.25) is 0 Å². The molecule has 0 atom stereocenters. The monoisotopic (exact) mass is 307 g/mol. The number of anilines is 1. The van der Waals surface area contributed by atoms with Crippen LogP contribution < -0.4 is 10.5 Å². The second kappa shape index (κ2) is 5.53. The van der Waals surface area contributed by atoms with Gasteiger partial charge in [0.1, 0.15) is 11.7 Å². The van der Waals surface area contributed by atoms with E-state index in [9.17, 15) is 12.8 Å². The number of nitrogens with one attached hydrogen (secondary N) is 2. The molecule has 21 heavy (non-hydrogen) atoms. The highest BCUT2D eigenvalue weighted by molar-refractivity contribution is 7.92. The van der Waals surface area contributed by atoms with Gasteiger partial charge in [0.25, 0.3) is 10.0 Å². The lowest BCUT2D eigenvalue weighted by molar-refractivity contribution is 0.601. The first-order valence-corrected chi connectivity index (χ1v) is 7.51. The first-order chi connectivity index (χ1) is 9.79. The van der Waals surface area contributed by atoms with Gasteiger partial charge in [0.05, 0.1) is 10.5 Å². The molecule has 2 aromatic carbocycles. The third-order valence-corrected chi connectivity index (χ3v) is 4.24. The molecule has 5 nitrogen and oxygen atoms in total. The third-order valence-electron chi connectivity index (χ3n) is 2.84. The molecule has 7 heteroatoms. The van der Waals surface area contributed by atoms with Crippen molar-refractivity contribution in [2.45, 2.75) is 11.8 Å². The molecular formula is C14H14FN3O2S. The number of nitrogen functional groups attached to an aromatic ring is 1. The zero-order valence-electron chi connectivity index (χ0n) is 11.2.